The monoisotopic (exact) mass is 221 g/mol. The van der Waals surface area contributed by atoms with Crippen LogP contribution in [0, 0.1) is 20.8 Å². The molecule has 2 unspecified atom stereocenters. The van der Waals surface area contributed by atoms with E-state index in [1.807, 2.05) is 20.8 Å². The Morgan fingerprint density at radius 1 is 1.38 bits per heavy atom. The van der Waals surface area contributed by atoms with Crippen LogP contribution in [0.25, 0.3) is 0 Å². The molecule has 3 N–H and O–H groups in total. The topological polar surface area (TPSA) is 55.5 Å². The molecule has 0 amide bonds. The molecule has 0 radical (unpaired) electrons. The van der Waals surface area contributed by atoms with Crippen molar-refractivity contribution in [1.29, 1.82) is 0 Å². The summed E-state index contributed by atoms with van der Waals surface area (Å²) in [6, 6.07) is 1.87. The van der Waals surface area contributed by atoms with Gasteiger partial charge in [0.05, 0.1) is 12.6 Å². The lowest BCUT2D eigenvalue weighted by Crippen LogP contribution is -2.42. The summed E-state index contributed by atoms with van der Waals surface area (Å²) in [5.41, 5.74) is 9.98. The molecule has 3 heteroatoms. The van der Waals surface area contributed by atoms with E-state index in [1.165, 1.54) is 5.56 Å². The van der Waals surface area contributed by atoms with Crippen molar-refractivity contribution in [3.05, 3.63) is 28.3 Å². The Hall–Kier alpha value is -1.06. The van der Waals surface area contributed by atoms with Crippen LogP contribution in [0.4, 0.5) is 0 Å². The lowest BCUT2D eigenvalue weighted by atomic mass is 9.89. The molecule has 0 saturated heterocycles. The first-order valence-corrected chi connectivity index (χ1v) is 5.57. The molecule has 1 aliphatic rings. The summed E-state index contributed by atoms with van der Waals surface area (Å²) in [6.07, 6.45) is 0. The number of aryl methyl sites for hydroxylation is 2. The van der Waals surface area contributed by atoms with Gasteiger partial charge >= 0.3 is 0 Å². The third kappa shape index (κ3) is 1.35. The number of benzene rings is 1. The van der Waals surface area contributed by atoms with E-state index in [9.17, 15) is 5.11 Å². The minimum absolute atomic E-state index is 0.0687. The predicted octanol–water partition coefficient (Wildman–Crippen LogP) is 1.76. The first kappa shape index (κ1) is 11.4. The van der Waals surface area contributed by atoms with Crippen LogP contribution >= 0.6 is 0 Å². The lowest BCUT2D eigenvalue weighted by molar-refractivity contribution is 0.0246. The minimum atomic E-state index is -0.689. The molecule has 1 aromatic carbocycles. The van der Waals surface area contributed by atoms with E-state index in [0.717, 1.165) is 22.4 Å². The van der Waals surface area contributed by atoms with Crippen LogP contribution in [0.1, 0.15) is 35.2 Å². The van der Waals surface area contributed by atoms with Gasteiger partial charge in [0.15, 0.2) is 0 Å². The molecule has 1 aliphatic heterocycles. The number of hydrogen-bond acceptors (Lipinski definition) is 3. The standard InChI is InChI=1S/C13H19NO2/c1-7-5-8(2)10-11(9(7)3)16-13(4,6-15)12(10)14/h5,12,15H,6,14H2,1-4H3. The third-order valence-electron chi connectivity index (χ3n) is 3.65. The number of ether oxygens (including phenoxy) is 1. The second-order valence-corrected chi connectivity index (χ2v) is 4.93. The molecule has 16 heavy (non-hydrogen) atoms. The van der Waals surface area contributed by atoms with Gasteiger partial charge < -0.3 is 15.6 Å². The number of hydrogen-bond donors (Lipinski definition) is 2. The van der Waals surface area contributed by atoms with Crippen molar-refractivity contribution < 1.29 is 9.84 Å². The zero-order valence-corrected chi connectivity index (χ0v) is 10.3. The van der Waals surface area contributed by atoms with E-state index in [0.29, 0.717) is 0 Å². The number of rotatable bonds is 1. The number of fused-ring (bicyclic) bond motifs is 1. The lowest BCUT2D eigenvalue weighted by Gasteiger charge is -2.25. The van der Waals surface area contributed by atoms with E-state index >= 15 is 0 Å². The van der Waals surface area contributed by atoms with Crippen molar-refractivity contribution in [2.75, 3.05) is 6.61 Å². The normalized spacial score (nSPS) is 27.8. The molecule has 2 rings (SSSR count). The minimum Gasteiger partial charge on any atom is -0.483 e. The zero-order chi connectivity index (χ0) is 12.1. The zero-order valence-electron chi connectivity index (χ0n) is 10.3. The molecule has 88 valence electrons. The third-order valence-corrected chi connectivity index (χ3v) is 3.65. The molecule has 1 heterocycles. The van der Waals surface area contributed by atoms with Gasteiger partial charge in [-0.3, -0.25) is 0 Å². The van der Waals surface area contributed by atoms with E-state index in [1.54, 1.807) is 0 Å². The summed E-state index contributed by atoms with van der Waals surface area (Å²) < 4.78 is 5.87. The van der Waals surface area contributed by atoms with Crippen LogP contribution < -0.4 is 10.5 Å². The largest absolute Gasteiger partial charge is 0.483 e. The molecular weight excluding hydrogens is 202 g/mol. The average molecular weight is 221 g/mol. The predicted molar refractivity (Wildman–Crippen MR) is 63.7 cm³/mol. The van der Waals surface area contributed by atoms with Crippen LogP contribution in [-0.4, -0.2) is 17.3 Å². The van der Waals surface area contributed by atoms with Gasteiger partial charge in [0.25, 0.3) is 0 Å². The average Bonchev–Trinajstić information content (AvgIpc) is 2.50. The molecule has 0 aromatic heterocycles. The summed E-state index contributed by atoms with van der Waals surface area (Å²) in [4.78, 5) is 0. The molecule has 0 aliphatic carbocycles. The molecular formula is C13H19NO2. The number of aliphatic hydroxyl groups is 1. The van der Waals surface area contributed by atoms with Gasteiger partial charge in [0.2, 0.25) is 0 Å². The number of aliphatic hydroxyl groups excluding tert-OH is 1. The Balaban J connectivity index is 2.64. The molecule has 1 aromatic rings. The Morgan fingerprint density at radius 2 is 2.00 bits per heavy atom. The summed E-state index contributed by atoms with van der Waals surface area (Å²) >= 11 is 0. The maximum absolute atomic E-state index is 9.41. The summed E-state index contributed by atoms with van der Waals surface area (Å²) in [5, 5.41) is 9.41. The molecule has 3 nitrogen and oxygen atoms in total. The van der Waals surface area contributed by atoms with E-state index in [-0.39, 0.29) is 12.6 Å². The smallest absolute Gasteiger partial charge is 0.148 e. The van der Waals surface area contributed by atoms with Gasteiger partial charge in [-0.25, -0.2) is 0 Å². The van der Waals surface area contributed by atoms with Gasteiger partial charge in [0.1, 0.15) is 11.4 Å². The van der Waals surface area contributed by atoms with E-state index in [2.05, 4.69) is 13.0 Å². The maximum atomic E-state index is 9.41. The van der Waals surface area contributed by atoms with Crippen molar-refractivity contribution >= 4 is 0 Å². The van der Waals surface area contributed by atoms with Crippen LogP contribution in [-0.2, 0) is 0 Å². The summed E-state index contributed by atoms with van der Waals surface area (Å²) in [7, 11) is 0. The highest BCUT2D eigenvalue weighted by Crippen LogP contribution is 2.45. The maximum Gasteiger partial charge on any atom is 0.148 e. The quantitative estimate of drug-likeness (QED) is 0.759. The summed E-state index contributed by atoms with van der Waals surface area (Å²) in [5.74, 6) is 0.863. The first-order chi connectivity index (χ1) is 7.40. The van der Waals surface area contributed by atoms with Gasteiger partial charge in [-0.05, 0) is 44.4 Å². The Labute approximate surface area is 96.2 Å². The van der Waals surface area contributed by atoms with Crippen LogP contribution in [0.5, 0.6) is 5.75 Å². The highest BCUT2D eigenvalue weighted by Gasteiger charge is 2.44. The van der Waals surface area contributed by atoms with Gasteiger partial charge in [-0.15, -0.1) is 0 Å². The van der Waals surface area contributed by atoms with Gasteiger partial charge in [-0.1, -0.05) is 6.07 Å². The van der Waals surface area contributed by atoms with Crippen LogP contribution in [0.15, 0.2) is 6.07 Å². The van der Waals surface area contributed by atoms with Crippen molar-refractivity contribution in [2.24, 2.45) is 5.73 Å². The van der Waals surface area contributed by atoms with Gasteiger partial charge in [-0.2, -0.15) is 0 Å². The molecule has 0 saturated carbocycles. The van der Waals surface area contributed by atoms with Crippen molar-refractivity contribution in [3.63, 3.8) is 0 Å². The van der Waals surface area contributed by atoms with E-state index in [4.69, 9.17) is 10.5 Å². The second-order valence-electron chi connectivity index (χ2n) is 4.93. The van der Waals surface area contributed by atoms with Crippen LogP contribution in [0.2, 0.25) is 0 Å². The second kappa shape index (κ2) is 3.47. The Bertz CT molecular complexity index is 442. The first-order valence-electron chi connectivity index (χ1n) is 5.57. The fourth-order valence-electron chi connectivity index (χ4n) is 2.32. The summed E-state index contributed by atoms with van der Waals surface area (Å²) in [6.45, 7) is 7.92. The Morgan fingerprint density at radius 3 is 2.56 bits per heavy atom. The molecule has 0 fully saturated rings. The molecule has 0 spiro atoms. The van der Waals surface area contributed by atoms with Crippen molar-refractivity contribution in [1.82, 2.24) is 0 Å². The van der Waals surface area contributed by atoms with Crippen molar-refractivity contribution in [2.45, 2.75) is 39.3 Å². The molecule has 2 atom stereocenters. The van der Waals surface area contributed by atoms with Crippen LogP contribution in [0.3, 0.4) is 0 Å². The van der Waals surface area contributed by atoms with Crippen molar-refractivity contribution in [3.8, 4) is 5.75 Å². The highest BCUT2D eigenvalue weighted by molar-refractivity contribution is 5.54. The number of nitrogens with two attached hydrogens (primary N) is 1. The fraction of sp³-hybridized carbons (Fsp3) is 0.538. The molecule has 0 bridgehead atoms. The SMILES string of the molecule is Cc1cc(C)c2c(c1C)OC(C)(CO)C2N. The highest BCUT2D eigenvalue weighted by atomic mass is 16.5. The van der Waals surface area contributed by atoms with E-state index < -0.39 is 5.60 Å². The van der Waals surface area contributed by atoms with Gasteiger partial charge in [0, 0.05) is 5.56 Å². The fourth-order valence-corrected chi connectivity index (χ4v) is 2.32. The Kier molecular flexibility index (Phi) is 2.48.